The molecule has 1 amide bonds. The first kappa shape index (κ1) is 18.6. The van der Waals surface area contributed by atoms with Crippen molar-refractivity contribution in [1.29, 1.82) is 0 Å². The van der Waals surface area contributed by atoms with Gasteiger partial charge < -0.3 is 5.32 Å². The van der Waals surface area contributed by atoms with Crippen LogP contribution < -0.4 is 10.9 Å². The first-order valence-corrected chi connectivity index (χ1v) is 8.87. The van der Waals surface area contributed by atoms with Gasteiger partial charge in [0.05, 0.1) is 5.69 Å². The van der Waals surface area contributed by atoms with Gasteiger partial charge in [0.2, 0.25) is 5.91 Å². The molecule has 0 aliphatic carbocycles. The van der Waals surface area contributed by atoms with Crippen LogP contribution in [0.1, 0.15) is 22.3 Å². The third kappa shape index (κ3) is 4.14. The lowest BCUT2D eigenvalue weighted by Gasteiger charge is -2.12. The Hall–Kier alpha value is -3.21. The van der Waals surface area contributed by atoms with Crippen LogP contribution in [-0.2, 0) is 11.3 Å². The summed E-state index contributed by atoms with van der Waals surface area (Å²) in [5, 5.41) is 7.27. The van der Waals surface area contributed by atoms with E-state index in [0.717, 1.165) is 27.9 Å². The molecule has 2 aromatic carbocycles. The second-order valence-electron chi connectivity index (χ2n) is 6.83. The number of rotatable bonds is 4. The van der Waals surface area contributed by atoms with Crippen molar-refractivity contribution in [3.8, 4) is 11.3 Å². The fraction of sp³-hybridized carbons (Fsp3) is 0.227. The zero-order chi connectivity index (χ0) is 19.6. The number of amides is 1. The quantitative estimate of drug-likeness (QED) is 0.769. The number of nitrogens with one attached hydrogen (secondary N) is 1. The molecule has 1 N–H and O–H groups in total. The lowest BCUT2D eigenvalue weighted by molar-refractivity contribution is -0.117. The maximum Gasteiger partial charge on any atom is 0.267 e. The van der Waals surface area contributed by atoms with Crippen molar-refractivity contribution in [3.05, 3.63) is 81.1 Å². The number of carbonyl (C=O) groups is 1. The van der Waals surface area contributed by atoms with Crippen LogP contribution in [0.4, 0.5) is 5.69 Å². The van der Waals surface area contributed by atoms with Gasteiger partial charge in [0.25, 0.3) is 5.56 Å². The summed E-state index contributed by atoms with van der Waals surface area (Å²) >= 11 is 0. The highest BCUT2D eigenvalue weighted by Crippen LogP contribution is 2.20. The molecule has 138 valence electrons. The molecule has 0 bridgehead atoms. The Morgan fingerprint density at radius 3 is 2.30 bits per heavy atom. The van der Waals surface area contributed by atoms with E-state index in [1.54, 1.807) is 6.07 Å². The van der Waals surface area contributed by atoms with Gasteiger partial charge in [-0.1, -0.05) is 30.3 Å². The molecule has 0 unspecified atom stereocenters. The average molecular weight is 361 g/mol. The van der Waals surface area contributed by atoms with Gasteiger partial charge in [-0.3, -0.25) is 9.59 Å². The van der Waals surface area contributed by atoms with E-state index in [9.17, 15) is 9.59 Å². The van der Waals surface area contributed by atoms with Crippen LogP contribution in [0, 0.1) is 27.7 Å². The second kappa shape index (κ2) is 7.58. The third-order valence-electron chi connectivity index (χ3n) is 4.71. The minimum atomic E-state index is -0.306. The summed E-state index contributed by atoms with van der Waals surface area (Å²) < 4.78 is 1.20. The molecule has 1 aromatic heterocycles. The number of carbonyl (C=O) groups excluding carboxylic acids is 1. The van der Waals surface area contributed by atoms with Crippen molar-refractivity contribution in [1.82, 2.24) is 9.78 Å². The molecule has 0 spiro atoms. The summed E-state index contributed by atoms with van der Waals surface area (Å²) in [5.41, 5.74) is 6.36. The molecular weight excluding hydrogens is 338 g/mol. The first-order chi connectivity index (χ1) is 12.8. The van der Waals surface area contributed by atoms with Gasteiger partial charge in [-0.25, -0.2) is 4.68 Å². The summed E-state index contributed by atoms with van der Waals surface area (Å²) in [6.07, 6.45) is 0. The van der Waals surface area contributed by atoms with Crippen LogP contribution in [-0.4, -0.2) is 15.7 Å². The maximum absolute atomic E-state index is 12.5. The number of nitrogens with zero attached hydrogens (tertiary/aromatic N) is 2. The molecule has 0 fully saturated rings. The summed E-state index contributed by atoms with van der Waals surface area (Å²) in [5.74, 6) is -0.278. The minimum Gasteiger partial charge on any atom is -0.324 e. The van der Waals surface area contributed by atoms with Crippen molar-refractivity contribution in [2.75, 3.05) is 5.32 Å². The Kier molecular flexibility index (Phi) is 5.21. The molecule has 5 heteroatoms. The number of aryl methyl sites for hydroxylation is 4. The average Bonchev–Trinajstić information content (AvgIpc) is 2.62. The fourth-order valence-electron chi connectivity index (χ4n) is 2.94. The molecule has 27 heavy (non-hydrogen) atoms. The minimum absolute atomic E-state index is 0.134. The van der Waals surface area contributed by atoms with Gasteiger partial charge in [-0.2, -0.15) is 5.10 Å². The Labute approximate surface area is 158 Å². The summed E-state index contributed by atoms with van der Waals surface area (Å²) in [6, 6.07) is 15.0. The maximum atomic E-state index is 12.5. The Morgan fingerprint density at radius 1 is 0.926 bits per heavy atom. The molecular formula is C22H23N3O2. The SMILES string of the molecule is Cc1ccc(-c2ccc(=O)n(CC(=O)Nc3c(C)cccc3C)n2)cc1C. The number of hydrogen-bond donors (Lipinski definition) is 1. The highest BCUT2D eigenvalue weighted by molar-refractivity contribution is 5.92. The first-order valence-electron chi connectivity index (χ1n) is 8.87. The Balaban J connectivity index is 1.85. The fourth-order valence-corrected chi connectivity index (χ4v) is 2.94. The largest absolute Gasteiger partial charge is 0.324 e. The standard InChI is InChI=1S/C22H23N3O2/c1-14-8-9-18(12-17(14)4)19-10-11-21(27)25(24-19)13-20(26)23-22-15(2)6-5-7-16(22)3/h5-12H,13H2,1-4H3,(H,23,26). The molecule has 1 heterocycles. The zero-order valence-corrected chi connectivity index (χ0v) is 16.0. The zero-order valence-electron chi connectivity index (χ0n) is 16.0. The molecule has 0 radical (unpaired) electrons. The molecule has 3 rings (SSSR count). The second-order valence-corrected chi connectivity index (χ2v) is 6.83. The van der Waals surface area contributed by atoms with E-state index < -0.39 is 0 Å². The van der Waals surface area contributed by atoms with Crippen molar-refractivity contribution in [3.63, 3.8) is 0 Å². The lowest BCUT2D eigenvalue weighted by atomic mass is 10.0. The van der Waals surface area contributed by atoms with Crippen LogP contribution >= 0.6 is 0 Å². The van der Waals surface area contributed by atoms with Crippen LogP contribution in [0.2, 0.25) is 0 Å². The van der Waals surface area contributed by atoms with Gasteiger partial charge in [0.1, 0.15) is 6.54 Å². The van der Waals surface area contributed by atoms with Crippen LogP contribution in [0.5, 0.6) is 0 Å². The summed E-state index contributed by atoms with van der Waals surface area (Å²) in [7, 11) is 0. The van der Waals surface area contributed by atoms with E-state index in [1.807, 2.05) is 64.1 Å². The molecule has 3 aromatic rings. The van der Waals surface area contributed by atoms with E-state index in [-0.39, 0.29) is 18.0 Å². The monoisotopic (exact) mass is 361 g/mol. The Bertz CT molecular complexity index is 1050. The van der Waals surface area contributed by atoms with Gasteiger partial charge in [-0.15, -0.1) is 0 Å². The van der Waals surface area contributed by atoms with Gasteiger partial charge in [0.15, 0.2) is 0 Å². The molecule has 0 saturated heterocycles. The normalized spacial score (nSPS) is 10.7. The van der Waals surface area contributed by atoms with E-state index in [2.05, 4.69) is 10.4 Å². The van der Waals surface area contributed by atoms with E-state index >= 15 is 0 Å². The van der Waals surface area contributed by atoms with E-state index in [0.29, 0.717) is 5.69 Å². The number of benzene rings is 2. The van der Waals surface area contributed by atoms with Crippen LogP contribution in [0.15, 0.2) is 53.3 Å². The molecule has 0 atom stereocenters. The highest BCUT2D eigenvalue weighted by Gasteiger charge is 2.11. The van der Waals surface area contributed by atoms with Crippen molar-refractivity contribution in [2.45, 2.75) is 34.2 Å². The van der Waals surface area contributed by atoms with Crippen molar-refractivity contribution in [2.24, 2.45) is 0 Å². The topological polar surface area (TPSA) is 64.0 Å². The lowest BCUT2D eigenvalue weighted by Crippen LogP contribution is -2.29. The number of anilines is 1. The van der Waals surface area contributed by atoms with E-state index in [4.69, 9.17) is 0 Å². The molecule has 5 nitrogen and oxygen atoms in total. The highest BCUT2D eigenvalue weighted by atomic mass is 16.2. The number of hydrogen-bond acceptors (Lipinski definition) is 3. The molecule has 0 saturated carbocycles. The van der Waals surface area contributed by atoms with Gasteiger partial charge in [-0.05, 0) is 62.1 Å². The Morgan fingerprint density at radius 2 is 1.63 bits per heavy atom. The van der Waals surface area contributed by atoms with Crippen LogP contribution in [0.25, 0.3) is 11.3 Å². The predicted octanol–water partition coefficient (Wildman–Crippen LogP) is 3.78. The third-order valence-corrected chi connectivity index (χ3v) is 4.71. The predicted molar refractivity (Wildman–Crippen MR) is 108 cm³/mol. The van der Waals surface area contributed by atoms with E-state index in [1.165, 1.54) is 16.3 Å². The van der Waals surface area contributed by atoms with Crippen molar-refractivity contribution < 1.29 is 4.79 Å². The van der Waals surface area contributed by atoms with Gasteiger partial charge in [0, 0.05) is 17.3 Å². The van der Waals surface area contributed by atoms with Gasteiger partial charge >= 0.3 is 0 Å². The van der Waals surface area contributed by atoms with Crippen molar-refractivity contribution >= 4 is 11.6 Å². The summed E-state index contributed by atoms with van der Waals surface area (Å²) in [4.78, 5) is 24.6. The number of para-hydroxylation sites is 1. The summed E-state index contributed by atoms with van der Waals surface area (Å²) in [6.45, 7) is 7.82. The molecule has 0 aliphatic rings. The van der Waals surface area contributed by atoms with Crippen LogP contribution in [0.3, 0.4) is 0 Å². The molecule has 0 aliphatic heterocycles. The number of aromatic nitrogens is 2. The smallest absolute Gasteiger partial charge is 0.267 e.